The van der Waals surface area contributed by atoms with Gasteiger partial charge in [-0.3, -0.25) is 14.3 Å². The van der Waals surface area contributed by atoms with Gasteiger partial charge in [0.2, 0.25) is 11.8 Å². The van der Waals surface area contributed by atoms with E-state index in [1.54, 1.807) is 18.3 Å². The lowest BCUT2D eigenvalue weighted by atomic mass is 9.75. The number of hydrogen-bond donors (Lipinski definition) is 0. The number of likely N-dealkylation sites (tertiary alicyclic amines) is 1. The molecule has 0 bridgehead atoms. The number of carbonyl (C=O) groups is 2. The Balaban J connectivity index is 1.38. The maximum atomic E-state index is 13.1. The molecule has 2 fully saturated rings. The quantitative estimate of drug-likeness (QED) is 0.570. The number of rotatable bonds is 8. The molecule has 9 heteroatoms. The number of aryl methyl sites for hydroxylation is 2. The summed E-state index contributed by atoms with van der Waals surface area (Å²) in [6.07, 6.45) is 4.01. The Morgan fingerprint density at radius 1 is 1.09 bits per heavy atom. The van der Waals surface area contributed by atoms with E-state index in [-0.39, 0.29) is 17.2 Å². The van der Waals surface area contributed by atoms with Gasteiger partial charge in [0.25, 0.3) is 0 Å². The predicted molar refractivity (Wildman–Crippen MR) is 129 cm³/mol. The van der Waals surface area contributed by atoms with Gasteiger partial charge in [-0.25, -0.2) is 0 Å². The van der Waals surface area contributed by atoms with Crippen LogP contribution in [0, 0.1) is 12.3 Å². The number of piperidine rings is 1. The molecule has 0 unspecified atom stereocenters. The molecule has 1 aromatic carbocycles. The van der Waals surface area contributed by atoms with Crippen LogP contribution in [0.3, 0.4) is 0 Å². The first-order valence-corrected chi connectivity index (χ1v) is 12.3. The van der Waals surface area contributed by atoms with Gasteiger partial charge in [-0.15, -0.1) is 0 Å². The molecule has 2 aromatic rings. The van der Waals surface area contributed by atoms with Crippen LogP contribution in [0.25, 0.3) is 0 Å². The third-order valence-electron chi connectivity index (χ3n) is 6.87. The number of hydrogen-bond acceptors (Lipinski definition) is 5. The highest BCUT2D eigenvalue weighted by molar-refractivity contribution is 6.30. The van der Waals surface area contributed by atoms with E-state index in [1.807, 2.05) is 39.6 Å². The number of amides is 2. The molecule has 0 aliphatic carbocycles. The van der Waals surface area contributed by atoms with Gasteiger partial charge >= 0.3 is 0 Å². The first kappa shape index (κ1) is 24.5. The molecule has 3 heterocycles. The van der Waals surface area contributed by atoms with Crippen LogP contribution in [0.2, 0.25) is 5.02 Å². The largest absolute Gasteiger partial charge is 0.493 e. The van der Waals surface area contributed by atoms with Gasteiger partial charge in [0, 0.05) is 67.9 Å². The molecule has 0 spiro atoms. The van der Waals surface area contributed by atoms with Gasteiger partial charge in [0.1, 0.15) is 5.75 Å². The molecule has 4 rings (SSSR count). The fourth-order valence-electron chi connectivity index (χ4n) is 4.63. The van der Waals surface area contributed by atoms with E-state index in [0.717, 1.165) is 18.5 Å². The Kier molecular flexibility index (Phi) is 8.11. The third-order valence-corrected chi connectivity index (χ3v) is 7.11. The summed E-state index contributed by atoms with van der Waals surface area (Å²) in [6.45, 7) is 6.62. The molecular formula is C25H33ClN4O4. The van der Waals surface area contributed by atoms with Crippen LogP contribution >= 0.6 is 11.6 Å². The van der Waals surface area contributed by atoms with Crippen molar-refractivity contribution in [3.63, 3.8) is 0 Å². The molecule has 0 radical (unpaired) electrons. The first-order chi connectivity index (χ1) is 16.4. The van der Waals surface area contributed by atoms with Crippen molar-refractivity contribution >= 4 is 23.4 Å². The lowest BCUT2D eigenvalue weighted by Gasteiger charge is -2.42. The molecule has 8 nitrogen and oxygen atoms in total. The maximum Gasteiger partial charge on any atom is 0.224 e. The Labute approximate surface area is 205 Å². The molecule has 184 valence electrons. The van der Waals surface area contributed by atoms with Crippen molar-refractivity contribution in [3.8, 4) is 5.75 Å². The smallest absolute Gasteiger partial charge is 0.224 e. The van der Waals surface area contributed by atoms with Gasteiger partial charge in [0.05, 0.1) is 19.8 Å². The first-order valence-electron chi connectivity index (χ1n) is 11.9. The number of ether oxygens (including phenoxy) is 2. The van der Waals surface area contributed by atoms with Gasteiger partial charge < -0.3 is 19.3 Å². The number of morpholine rings is 1. The van der Waals surface area contributed by atoms with Gasteiger partial charge in [-0.2, -0.15) is 5.10 Å². The third kappa shape index (κ3) is 6.30. The highest BCUT2D eigenvalue weighted by Crippen LogP contribution is 2.37. The summed E-state index contributed by atoms with van der Waals surface area (Å²) >= 11 is 6.11. The van der Waals surface area contributed by atoms with E-state index < -0.39 is 0 Å². The summed E-state index contributed by atoms with van der Waals surface area (Å²) in [4.78, 5) is 29.8. The molecule has 0 atom stereocenters. The fourth-order valence-corrected chi connectivity index (χ4v) is 4.81. The van der Waals surface area contributed by atoms with Crippen LogP contribution in [-0.2, 0) is 20.9 Å². The lowest BCUT2D eigenvalue weighted by molar-refractivity contribution is -0.141. The zero-order valence-electron chi connectivity index (χ0n) is 19.7. The van der Waals surface area contributed by atoms with Crippen LogP contribution in [0.15, 0.2) is 36.5 Å². The van der Waals surface area contributed by atoms with Crippen molar-refractivity contribution in [2.75, 3.05) is 46.0 Å². The topological polar surface area (TPSA) is 76.9 Å². The van der Waals surface area contributed by atoms with Crippen molar-refractivity contribution in [2.24, 2.45) is 5.41 Å². The Morgan fingerprint density at radius 3 is 2.50 bits per heavy atom. The zero-order valence-corrected chi connectivity index (χ0v) is 20.5. The number of benzene rings is 1. The van der Waals surface area contributed by atoms with Gasteiger partial charge in [0.15, 0.2) is 0 Å². The number of carbonyl (C=O) groups excluding carboxylic acids is 2. The summed E-state index contributed by atoms with van der Waals surface area (Å²) in [5.74, 6) is 0.949. The molecule has 1 aromatic heterocycles. The van der Waals surface area contributed by atoms with Crippen molar-refractivity contribution in [1.82, 2.24) is 19.6 Å². The summed E-state index contributed by atoms with van der Waals surface area (Å²) in [5, 5.41) is 4.88. The monoisotopic (exact) mass is 488 g/mol. The molecule has 34 heavy (non-hydrogen) atoms. The summed E-state index contributed by atoms with van der Waals surface area (Å²) in [5.41, 5.74) is 0.720. The van der Waals surface area contributed by atoms with E-state index in [9.17, 15) is 9.59 Å². The van der Waals surface area contributed by atoms with Crippen molar-refractivity contribution in [3.05, 3.63) is 47.2 Å². The van der Waals surface area contributed by atoms with Crippen LogP contribution in [-0.4, -0.2) is 77.4 Å². The molecule has 2 amide bonds. The highest BCUT2D eigenvalue weighted by atomic mass is 35.5. The van der Waals surface area contributed by atoms with Crippen LogP contribution in [0.4, 0.5) is 0 Å². The minimum Gasteiger partial charge on any atom is -0.493 e. The minimum atomic E-state index is -0.326. The van der Waals surface area contributed by atoms with Gasteiger partial charge in [-0.05, 0) is 44.0 Å². The predicted octanol–water partition coefficient (Wildman–Crippen LogP) is 3.17. The molecule has 2 aliphatic rings. The summed E-state index contributed by atoms with van der Waals surface area (Å²) in [6, 6.07) is 9.26. The average molecular weight is 489 g/mol. The SMILES string of the molecule is Cc1ccnn1CCC(=O)N1CCC(COc2cccc(Cl)c2)(CC(=O)N2CCOCC2)CC1. The summed E-state index contributed by atoms with van der Waals surface area (Å²) < 4.78 is 13.4. The van der Waals surface area contributed by atoms with Crippen LogP contribution in [0.5, 0.6) is 5.75 Å². The molecule has 0 saturated carbocycles. The van der Waals surface area contributed by atoms with E-state index >= 15 is 0 Å². The molecular weight excluding hydrogens is 456 g/mol. The highest BCUT2D eigenvalue weighted by Gasteiger charge is 2.39. The second-order valence-corrected chi connectivity index (χ2v) is 9.68. The average Bonchev–Trinajstić information content (AvgIpc) is 3.27. The number of halogens is 1. The number of nitrogens with zero attached hydrogens (tertiary/aromatic N) is 4. The van der Waals surface area contributed by atoms with Crippen LogP contribution < -0.4 is 4.74 Å². The second kappa shape index (κ2) is 11.2. The molecule has 2 saturated heterocycles. The van der Waals surface area contributed by atoms with E-state index in [1.165, 1.54) is 0 Å². The van der Waals surface area contributed by atoms with Crippen molar-refractivity contribution < 1.29 is 19.1 Å². The van der Waals surface area contributed by atoms with Crippen molar-refractivity contribution in [1.29, 1.82) is 0 Å². The Morgan fingerprint density at radius 2 is 1.82 bits per heavy atom. The van der Waals surface area contributed by atoms with Gasteiger partial charge in [-0.1, -0.05) is 17.7 Å². The fraction of sp³-hybridized carbons (Fsp3) is 0.560. The maximum absolute atomic E-state index is 13.1. The normalized spacial score (nSPS) is 18.1. The minimum absolute atomic E-state index is 0.124. The number of aromatic nitrogens is 2. The molecule has 2 aliphatic heterocycles. The Hall–Kier alpha value is -2.58. The van der Waals surface area contributed by atoms with E-state index in [4.69, 9.17) is 21.1 Å². The lowest BCUT2D eigenvalue weighted by Crippen LogP contribution is -2.49. The second-order valence-electron chi connectivity index (χ2n) is 9.24. The molecule has 0 N–H and O–H groups in total. The van der Waals surface area contributed by atoms with Crippen LogP contribution in [0.1, 0.15) is 31.4 Å². The van der Waals surface area contributed by atoms with E-state index in [0.29, 0.717) is 76.2 Å². The standard InChI is InChI=1S/C25H33ClN4O4/c1-20-5-9-27-30(20)10-6-23(31)28-11-7-25(8-12-28,18-24(32)29-13-15-33-16-14-29)19-34-22-4-2-3-21(26)17-22/h2-5,9,17H,6-8,10-16,18-19H2,1H3. The van der Waals surface area contributed by atoms with Crippen molar-refractivity contribution in [2.45, 2.75) is 39.2 Å². The summed E-state index contributed by atoms with van der Waals surface area (Å²) in [7, 11) is 0. The van der Waals surface area contributed by atoms with E-state index in [2.05, 4.69) is 5.10 Å². The zero-order chi connectivity index (χ0) is 24.0. The Bertz CT molecular complexity index is 981.